The quantitative estimate of drug-likeness (QED) is 0.186. The maximum atomic E-state index is 12.9. The Bertz CT molecular complexity index is 1210. The molecule has 0 atom stereocenters. The minimum absolute atomic E-state index is 0.115. The molecule has 0 N–H and O–H groups in total. The summed E-state index contributed by atoms with van der Waals surface area (Å²) in [6.07, 6.45) is 3.32. The Balaban J connectivity index is 1.63. The zero-order valence-electron chi connectivity index (χ0n) is 19.9. The van der Waals surface area contributed by atoms with Gasteiger partial charge in [0.25, 0.3) is 0 Å². The van der Waals surface area contributed by atoms with Gasteiger partial charge in [-0.25, -0.2) is 0 Å². The second-order valence-electron chi connectivity index (χ2n) is 8.15. The highest BCUT2D eigenvalue weighted by atomic mass is 16.5. The van der Waals surface area contributed by atoms with Gasteiger partial charge in [0.2, 0.25) is 0 Å². The maximum Gasteiger partial charge on any atom is 0.185 e. The second-order valence-corrected chi connectivity index (χ2v) is 8.15. The number of methoxy groups -OCH3 is 1. The van der Waals surface area contributed by atoms with E-state index >= 15 is 0 Å². The van der Waals surface area contributed by atoms with Crippen molar-refractivity contribution in [2.45, 2.75) is 20.1 Å². The predicted octanol–water partition coefficient (Wildman–Crippen LogP) is 7.06. The lowest BCUT2D eigenvalue weighted by atomic mass is 10.1. The van der Waals surface area contributed by atoms with Gasteiger partial charge in [0.15, 0.2) is 5.78 Å². The highest BCUT2D eigenvalue weighted by Crippen LogP contribution is 2.33. The fourth-order valence-corrected chi connectivity index (χ4v) is 3.62. The van der Waals surface area contributed by atoms with Crippen LogP contribution in [0.5, 0.6) is 17.2 Å². The smallest absolute Gasteiger partial charge is 0.185 e. The van der Waals surface area contributed by atoms with E-state index in [1.807, 2.05) is 79.7 Å². The van der Waals surface area contributed by atoms with Gasteiger partial charge in [-0.2, -0.15) is 0 Å². The molecule has 35 heavy (non-hydrogen) atoms. The number of ether oxygens (including phenoxy) is 3. The Labute approximate surface area is 206 Å². The van der Waals surface area contributed by atoms with E-state index in [1.165, 1.54) is 0 Å². The summed E-state index contributed by atoms with van der Waals surface area (Å²) in [6, 6.07) is 30.9. The molecule has 0 fully saturated rings. The summed E-state index contributed by atoms with van der Waals surface area (Å²) in [5.74, 6) is 1.92. The van der Waals surface area contributed by atoms with Gasteiger partial charge in [-0.15, -0.1) is 0 Å². The highest BCUT2D eigenvalue weighted by molar-refractivity contribution is 6.07. The van der Waals surface area contributed by atoms with Crippen LogP contribution in [-0.2, 0) is 13.2 Å². The van der Waals surface area contributed by atoms with Crippen molar-refractivity contribution in [3.05, 3.63) is 131 Å². The van der Waals surface area contributed by atoms with Crippen molar-refractivity contribution in [1.82, 2.24) is 0 Å². The Hall–Kier alpha value is -4.31. The van der Waals surface area contributed by atoms with Crippen LogP contribution in [0.15, 0.2) is 103 Å². The van der Waals surface area contributed by atoms with E-state index in [2.05, 4.69) is 0 Å². The molecule has 4 heteroatoms. The average molecular weight is 465 g/mol. The van der Waals surface area contributed by atoms with Crippen molar-refractivity contribution in [1.29, 1.82) is 0 Å². The molecule has 0 spiro atoms. The molecule has 0 radical (unpaired) electrons. The van der Waals surface area contributed by atoms with Gasteiger partial charge in [-0.05, 0) is 72.2 Å². The Kier molecular flexibility index (Phi) is 7.97. The first-order valence-electron chi connectivity index (χ1n) is 11.5. The van der Waals surface area contributed by atoms with Crippen LogP contribution in [0.3, 0.4) is 0 Å². The van der Waals surface area contributed by atoms with E-state index in [1.54, 1.807) is 43.5 Å². The van der Waals surface area contributed by atoms with E-state index in [4.69, 9.17) is 14.2 Å². The first-order valence-corrected chi connectivity index (χ1v) is 11.5. The summed E-state index contributed by atoms with van der Waals surface area (Å²) in [6.45, 7) is 2.83. The first kappa shape index (κ1) is 23.8. The number of rotatable bonds is 10. The molecular weight excluding hydrogens is 436 g/mol. The minimum Gasteiger partial charge on any atom is -0.497 e. The van der Waals surface area contributed by atoms with Crippen molar-refractivity contribution in [2.75, 3.05) is 7.11 Å². The van der Waals surface area contributed by atoms with Crippen LogP contribution in [0.1, 0.15) is 32.6 Å². The fraction of sp³-hybridized carbons (Fsp3) is 0.129. The largest absolute Gasteiger partial charge is 0.497 e. The van der Waals surface area contributed by atoms with Crippen LogP contribution >= 0.6 is 0 Å². The van der Waals surface area contributed by atoms with Gasteiger partial charge in [0.05, 0.1) is 12.7 Å². The number of carbonyl (C=O) groups is 1. The number of hydrogen-bond donors (Lipinski definition) is 0. The molecule has 0 aromatic heterocycles. The van der Waals surface area contributed by atoms with Gasteiger partial charge < -0.3 is 14.2 Å². The molecule has 0 heterocycles. The van der Waals surface area contributed by atoms with Crippen molar-refractivity contribution in [3.63, 3.8) is 0 Å². The molecule has 0 unspecified atom stereocenters. The topological polar surface area (TPSA) is 44.8 Å². The van der Waals surface area contributed by atoms with Gasteiger partial charge in [-0.3, -0.25) is 4.79 Å². The van der Waals surface area contributed by atoms with Crippen LogP contribution in [0, 0.1) is 6.92 Å². The summed E-state index contributed by atoms with van der Waals surface area (Å²) in [5, 5.41) is 0. The van der Waals surface area contributed by atoms with Crippen molar-refractivity contribution >= 4 is 11.9 Å². The Morgan fingerprint density at radius 1 is 0.743 bits per heavy atom. The Morgan fingerprint density at radius 2 is 1.26 bits per heavy atom. The molecule has 0 saturated heterocycles. The number of allylic oxidation sites excluding steroid dienone is 1. The van der Waals surface area contributed by atoms with E-state index in [9.17, 15) is 4.79 Å². The summed E-state index contributed by atoms with van der Waals surface area (Å²) < 4.78 is 17.6. The zero-order chi connectivity index (χ0) is 24.5. The Morgan fingerprint density at radius 3 is 1.74 bits per heavy atom. The third kappa shape index (κ3) is 6.61. The molecule has 0 aliphatic carbocycles. The second kappa shape index (κ2) is 11.7. The van der Waals surface area contributed by atoms with Crippen molar-refractivity contribution in [3.8, 4) is 17.2 Å². The summed E-state index contributed by atoms with van der Waals surface area (Å²) in [7, 11) is 1.60. The molecular formula is C31H28O4. The van der Waals surface area contributed by atoms with Crippen LogP contribution in [-0.4, -0.2) is 12.9 Å². The van der Waals surface area contributed by atoms with Gasteiger partial charge >= 0.3 is 0 Å². The molecule has 176 valence electrons. The molecule has 4 nitrogen and oxygen atoms in total. The SMILES string of the molecule is COc1ccc(C(=O)C=Cc2c(OCc3ccccc3)cc(C)cc2OCc2ccccc2)cc1. The lowest BCUT2D eigenvalue weighted by Gasteiger charge is -2.16. The van der Waals surface area contributed by atoms with Crippen LogP contribution in [0.2, 0.25) is 0 Å². The first-order chi connectivity index (χ1) is 17.1. The van der Waals surface area contributed by atoms with Gasteiger partial charge in [0.1, 0.15) is 30.5 Å². The van der Waals surface area contributed by atoms with E-state index in [0.717, 1.165) is 22.3 Å². The lowest BCUT2D eigenvalue weighted by molar-refractivity contribution is 0.104. The van der Waals surface area contributed by atoms with Crippen LogP contribution < -0.4 is 14.2 Å². The van der Waals surface area contributed by atoms with E-state index in [0.29, 0.717) is 36.0 Å². The third-order valence-electron chi connectivity index (χ3n) is 5.50. The molecule has 0 bridgehead atoms. The third-order valence-corrected chi connectivity index (χ3v) is 5.50. The molecule has 4 aromatic rings. The number of hydrogen-bond acceptors (Lipinski definition) is 4. The molecule has 0 aliphatic rings. The number of aryl methyl sites for hydroxylation is 1. The highest BCUT2D eigenvalue weighted by Gasteiger charge is 2.13. The van der Waals surface area contributed by atoms with Crippen molar-refractivity contribution < 1.29 is 19.0 Å². The summed E-state index contributed by atoms with van der Waals surface area (Å²) in [5.41, 5.74) is 4.43. The lowest BCUT2D eigenvalue weighted by Crippen LogP contribution is -2.02. The molecule has 0 saturated carbocycles. The number of ketones is 1. The van der Waals surface area contributed by atoms with Crippen LogP contribution in [0.25, 0.3) is 6.08 Å². The van der Waals surface area contributed by atoms with Gasteiger partial charge in [-0.1, -0.05) is 60.7 Å². The van der Waals surface area contributed by atoms with E-state index in [-0.39, 0.29) is 5.78 Å². The predicted molar refractivity (Wildman–Crippen MR) is 139 cm³/mol. The standard InChI is InChI=1S/C31H28O4/c1-23-19-30(34-21-24-9-5-3-6-10-24)28(31(20-23)35-22-25-11-7-4-8-12-25)17-18-29(32)26-13-15-27(33-2)16-14-26/h3-20H,21-22H2,1-2H3. The fourth-order valence-electron chi connectivity index (χ4n) is 3.62. The maximum absolute atomic E-state index is 12.9. The molecule has 4 aromatic carbocycles. The average Bonchev–Trinajstić information content (AvgIpc) is 2.91. The monoisotopic (exact) mass is 464 g/mol. The van der Waals surface area contributed by atoms with Crippen LogP contribution in [0.4, 0.5) is 0 Å². The number of carbonyl (C=O) groups excluding carboxylic acids is 1. The minimum atomic E-state index is -0.115. The number of benzene rings is 4. The zero-order valence-corrected chi connectivity index (χ0v) is 19.9. The molecule has 0 aliphatic heterocycles. The van der Waals surface area contributed by atoms with Gasteiger partial charge in [0, 0.05) is 5.56 Å². The summed E-state index contributed by atoms with van der Waals surface area (Å²) >= 11 is 0. The van der Waals surface area contributed by atoms with E-state index < -0.39 is 0 Å². The molecule has 4 rings (SSSR count). The summed E-state index contributed by atoms with van der Waals surface area (Å²) in [4.78, 5) is 12.9. The van der Waals surface area contributed by atoms with Crippen molar-refractivity contribution in [2.24, 2.45) is 0 Å². The normalized spacial score (nSPS) is 10.8. The molecule has 0 amide bonds.